The summed E-state index contributed by atoms with van der Waals surface area (Å²) in [5.74, 6) is 1.31. The van der Waals surface area contributed by atoms with E-state index >= 15 is 0 Å². The average Bonchev–Trinajstić information content (AvgIpc) is 3.46. The zero-order valence-electron chi connectivity index (χ0n) is 20.0. The molecule has 36 heavy (non-hydrogen) atoms. The fraction of sp³-hybridized carbons (Fsp3) is 0.333. The van der Waals surface area contributed by atoms with Gasteiger partial charge in [-0.05, 0) is 36.6 Å². The van der Waals surface area contributed by atoms with Crippen LogP contribution in [-0.2, 0) is 16.1 Å². The number of rotatable bonds is 4. The smallest absolute Gasteiger partial charge is 0.216 e. The number of carbonyl (C=O) groups is 1. The number of hydrogen-bond donors (Lipinski definition) is 1. The molecule has 3 aromatic heterocycles. The standard InChI is InChI=1S/C27H27N5O4/c1-34-24-11-19-16-36-25-5-8-32-27(31-25)23(14-30-32)18-9-20(29-7-4-22(19)26(24)33)12-21(10-18)35-15-17-3-2-6-28-13-17/h2-3,5-6,8-10,12-14,19,22,24,29H,4,7,11,15-16H2,1H3/t19-,22?,24+/m0/s1. The fourth-order valence-corrected chi connectivity index (χ4v) is 5.09. The third-order valence-corrected chi connectivity index (χ3v) is 6.97. The van der Waals surface area contributed by atoms with Crippen molar-refractivity contribution in [1.82, 2.24) is 19.6 Å². The second-order valence-corrected chi connectivity index (χ2v) is 9.24. The first-order valence-electron chi connectivity index (χ1n) is 12.1. The van der Waals surface area contributed by atoms with E-state index in [1.54, 1.807) is 36.3 Å². The van der Waals surface area contributed by atoms with Crippen molar-refractivity contribution in [1.29, 1.82) is 0 Å². The maximum Gasteiger partial charge on any atom is 0.216 e. The van der Waals surface area contributed by atoms with Crippen LogP contribution in [0.15, 0.2) is 61.2 Å². The van der Waals surface area contributed by atoms with E-state index in [0.717, 1.165) is 22.4 Å². The zero-order valence-corrected chi connectivity index (χ0v) is 20.0. The van der Waals surface area contributed by atoms with Gasteiger partial charge in [0.05, 0.1) is 12.8 Å². The molecule has 1 unspecified atom stereocenters. The minimum Gasteiger partial charge on any atom is -0.489 e. The Kier molecular flexibility index (Phi) is 5.98. The van der Waals surface area contributed by atoms with Gasteiger partial charge in [-0.25, -0.2) is 4.52 Å². The number of Topliss-reactive ketones (excluding diaryl/α,β-unsaturated/α-hetero) is 1. The fourth-order valence-electron chi connectivity index (χ4n) is 5.09. The Morgan fingerprint density at radius 1 is 1.22 bits per heavy atom. The van der Waals surface area contributed by atoms with Gasteiger partial charge in [0, 0.05) is 73.0 Å². The summed E-state index contributed by atoms with van der Waals surface area (Å²) in [6.07, 6.45) is 8.13. The van der Waals surface area contributed by atoms with Crippen molar-refractivity contribution in [2.45, 2.75) is 25.6 Å². The first-order chi connectivity index (χ1) is 17.7. The van der Waals surface area contributed by atoms with E-state index in [1.807, 2.05) is 30.5 Å². The Hall–Kier alpha value is -3.98. The molecular weight excluding hydrogens is 458 g/mol. The van der Waals surface area contributed by atoms with Crippen LogP contribution in [-0.4, -0.2) is 51.7 Å². The molecule has 1 saturated carbocycles. The Labute approximate surface area is 208 Å². The highest BCUT2D eigenvalue weighted by Crippen LogP contribution is 2.35. The van der Waals surface area contributed by atoms with Crippen LogP contribution in [0, 0.1) is 11.8 Å². The van der Waals surface area contributed by atoms with E-state index < -0.39 is 0 Å². The third kappa shape index (κ3) is 4.37. The summed E-state index contributed by atoms with van der Waals surface area (Å²) >= 11 is 0. The lowest BCUT2D eigenvalue weighted by Crippen LogP contribution is -2.25. The van der Waals surface area contributed by atoms with E-state index in [4.69, 9.17) is 19.2 Å². The van der Waals surface area contributed by atoms with Crippen LogP contribution in [0.2, 0.25) is 0 Å². The SMILES string of the molecule is CO[C@@H]1C[C@H]2COc3ccn4ncc(c4n3)-c3cc(cc(OCc4cccnc4)c3)NCCC2C1=O. The lowest BCUT2D eigenvalue weighted by Gasteiger charge is -2.20. The predicted octanol–water partition coefficient (Wildman–Crippen LogP) is 3.78. The third-order valence-electron chi connectivity index (χ3n) is 6.97. The largest absolute Gasteiger partial charge is 0.489 e. The molecule has 3 atom stereocenters. The van der Waals surface area contributed by atoms with Gasteiger partial charge < -0.3 is 19.5 Å². The number of nitrogens with one attached hydrogen (secondary N) is 1. The van der Waals surface area contributed by atoms with Gasteiger partial charge in [0.25, 0.3) is 0 Å². The van der Waals surface area contributed by atoms with Gasteiger partial charge in [0.15, 0.2) is 11.4 Å². The minimum absolute atomic E-state index is 0.0688. The highest BCUT2D eigenvalue weighted by molar-refractivity contribution is 5.88. The van der Waals surface area contributed by atoms with Crippen LogP contribution < -0.4 is 14.8 Å². The van der Waals surface area contributed by atoms with Gasteiger partial charge in [-0.3, -0.25) is 9.78 Å². The Bertz CT molecular complexity index is 1390. The van der Waals surface area contributed by atoms with Crippen molar-refractivity contribution in [3.05, 3.63) is 66.7 Å². The molecule has 9 nitrogen and oxygen atoms in total. The number of pyridine rings is 1. The number of carbonyl (C=O) groups excluding carboxylic acids is 1. The molecule has 1 aliphatic carbocycles. The first kappa shape index (κ1) is 22.5. The van der Waals surface area contributed by atoms with Gasteiger partial charge in [0.2, 0.25) is 5.88 Å². The summed E-state index contributed by atoms with van der Waals surface area (Å²) in [7, 11) is 1.60. The van der Waals surface area contributed by atoms with Crippen molar-refractivity contribution >= 4 is 17.1 Å². The van der Waals surface area contributed by atoms with Gasteiger partial charge in [-0.1, -0.05) is 6.07 Å². The Morgan fingerprint density at radius 3 is 3.03 bits per heavy atom. The molecule has 4 bridgehead atoms. The summed E-state index contributed by atoms with van der Waals surface area (Å²) in [6, 6.07) is 11.7. The van der Waals surface area contributed by atoms with Crippen molar-refractivity contribution < 1.29 is 19.0 Å². The van der Waals surface area contributed by atoms with E-state index in [2.05, 4.69) is 21.5 Å². The Morgan fingerprint density at radius 2 is 2.17 bits per heavy atom. The number of anilines is 1. The van der Waals surface area contributed by atoms with E-state index in [-0.39, 0.29) is 23.7 Å². The van der Waals surface area contributed by atoms with Crippen molar-refractivity contribution in [3.63, 3.8) is 0 Å². The summed E-state index contributed by atoms with van der Waals surface area (Å²) in [4.78, 5) is 21.9. The highest BCUT2D eigenvalue weighted by Gasteiger charge is 2.42. The number of methoxy groups -OCH3 is 1. The van der Waals surface area contributed by atoms with Crippen LogP contribution in [0.1, 0.15) is 18.4 Å². The molecule has 1 aromatic carbocycles. The highest BCUT2D eigenvalue weighted by atomic mass is 16.5. The maximum atomic E-state index is 13.0. The second-order valence-electron chi connectivity index (χ2n) is 9.24. The quantitative estimate of drug-likeness (QED) is 0.466. The van der Waals surface area contributed by atoms with Crippen LogP contribution >= 0.6 is 0 Å². The number of ketones is 1. The van der Waals surface area contributed by atoms with E-state index in [9.17, 15) is 4.79 Å². The number of nitrogens with zero attached hydrogens (tertiary/aromatic N) is 4. The summed E-state index contributed by atoms with van der Waals surface area (Å²) < 4.78 is 19.4. The van der Waals surface area contributed by atoms with Gasteiger partial charge in [-0.2, -0.15) is 10.1 Å². The Balaban J connectivity index is 1.37. The van der Waals surface area contributed by atoms with Gasteiger partial charge in [-0.15, -0.1) is 0 Å². The summed E-state index contributed by atoms with van der Waals surface area (Å²) in [6.45, 7) is 1.46. The predicted molar refractivity (Wildman–Crippen MR) is 133 cm³/mol. The molecule has 0 amide bonds. The molecule has 1 aliphatic heterocycles. The minimum atomic E-state index is -0.382. The van der Waals surface area contributed by atoms with E-state index in [1.165, 1.54) is 0 Å². The number of benzene rings is 1. The first-order valence-corrected chi connectivity index (χ1v) is 12.1. The average molecular weight is 486 g/mol. The van der Waals surface area contributed by atoms with E-state index in [0.29, 0.717) is 49.9 Å². The zero-order chi connectivity index (χ0) is 24.5. The molecular formula is C27H27N5O4. The van der Waals surface area contributed by atoms with Crippen molar-refractivity contribution in [2.75, 3.05) is 25.6 Å². The molecule has 2 aliphatic rings. The molecule has 1 fully saturated rings. The molecule has 0 saturated heterocycles. The van der Waals surface area contributed by atoms with Crippen LogP contribution in [0.3, 0.4) is 0 Å². The van der Waals surface area contributed by atoms with Gasteiger partial charge in [0.1, 0.15) is 18.5 Å². The lowest BCUT2D eigenvalue weighted by atomic mass is 9.93. The molecule has 4 heterocycles. The number of ether oxygens (including phenoxy) is 3. The van der Waals surface area contributed by atoms with Gasteiger partial charge >= 0.3 is 0 Å². The normalized spacial score (nSPS) is 21.5. The number of aromatic nitrogens is 4. The summed E-state index contributed by atoms with van der Waals surface area (Å²) in [5, 5.41) is 7.98. The van der Waals surface area contributed by atoms with Crippen LogP contribution in [0.4, 0.5) is 5.69 Å². The molecule has 6 rings (SSSR count). The summed E-state index contributed by atoms with van der Waals surface area (Å²) in [5.41, 5.74) is 4.38. The van der Waals surface area contributed by atoms with Crippen LogP contribution in [0.25, 0.3) is 16.8 Å². The maximum absolute atomic E-state index is 13.0. The number of fused-ring (bicyclic) bond motifs is 5. The van der Waals surface area contributed by atoms with Crippen molar-refractivity contribution in [2.24, 2.45) is 11.8 Å². The lowest BCUT2D eigenvalue weighted by molar-refractivity contribution is -0.129. The molecule has 4 aromatic rings. The van der Waals surface area contributed by atoms with Crippen LogP contribution in [0.5, 0.6) is 11.6 Å². The molecule has 0 radical (unpaired) electrons. The molecule has 1 N–H and O–H groups in total. The number of hydrogen-bond acceptors (Lipinski definition) is 8. The van der Waals surface area contributed by atoms with Crippen molar-refractivity contribution in [3.8, 4) is 22.8 Å². The molecule has 0 spiro atoms. The molecule has 184 valence electrons. The topological polar surface area (TPSA) is 99.9 Å². The monoisotopic (exact) mass is 485 g/mol. The molecule has 9 heteroatoms. The second kappa shape index (κ2) is 9.58.